The van der Waals surface area contributed by atoms with E-state index < -0.39 is 28.1 Å². The molecule has 0 heterocycles. The molecule has 0 spiro atoms. The topological polar surface area (TPSA) is 114 Å². The van der Waals surface area contributed by atoms with Gasteiger partial charge in [0.2, 0.25) is 0 Å². The Morgan fingerprint density at radius 2 is 1.89 bits per heavy atom. The third-order valence-corrected chi connectivity index (χ3v) is 5.19. The molecule has 3 rings (SSSR count). The maximum Gasteiger partial charge on any atom is 0.416 e. The van der Waals surface area contributed by atoms with E-state index in [9.17, 15) is 33.3 Å². The Bertz CT molecular complexity index is 1400. The van der Waals surface area contributed by atoms with Gasteiger partial charge < -0.3 is 14.8 Å². The minimum Gasteiger partial charge on any atom is -0.493 e. The molecule has 0 atom stereocenters. The number of amides is 1. The Balaban J connectivity index is 1.79. The Labute approximate surface area is 213 Å². The highest BCUT2D eigenvalue weighted by Crippen LogP contribution is 2.38. The molecule has 0 aliphatic heterocycles. The molecule has 37 heavy (non-hydrogen) atoms. The lowest BCUT2D eigenvalue weighted by molar-refractivity contribution is -0.384. The summed E-state index contributed by atoms with van der Waals surface area (Å²) in [6.07, 6.45) is -3.40. The Morgan fingerprint density at radius 1 is 1.19 bits per heavy atom. The van der Waals surface area contributed by atoms with Crippen LogP contribution in [-0.4, -0.2) is 17.9 Å². The molecule has 0 radical (unpaired) electrons. The van der Waals surface area contributed by atoms with E-state index in [0.717, 1.165) is 18.2 Å². The van der Waals surface area contributed by atoms with Gasteiger partial charge in [-0.05, 0) is 59.7 Å². The van der Waals surface area contributed by atoms with Gasteiger partial charge in [-0.2, -0.15) is 18.4 Å². The van der Waals surface area contributed by atoms with Gasteiger partial charge in [0.25, 0.3) is 11.6 Å². The molecule has 1 N–H and O–H groups in total. The third kappa shape index (κ3) is 6.99. The number of alkyl halides is 3. The summed E-state index contributed by atoms with van der Waals surface area (Å²) in [6, 6.07) is 14.3. The highest BCUT2D eigenvalue weighted by molar-refractivity contribution is 6.32. The fourth-order valence-corrected chi connectivity index (χ4v) is 3.39. The van der Waals surface area contributed by atoms with Gasteiger partial charge in [-0.15, -0.1) is 0 Å². The lowest BCUT2D eigenvalue weighted by atomic mass is 10.1. The van der Waals surface area contributed by atoms with Crippen LogP contribution in [0.3, 0.4) is 0 Å². The Hall–Kier alpha value is -4.56. The number of methoxy groups -OCH3 is 1. The maximum absolute atomic E-state index is 12.9. The molecule has 0 bridgehead atoms. The molecule has 0 aliphatic carbocycles. The second kappa shape index (κ2) is 11.5. The van der Waals surface area contributed by atoms with Crippen molar-refractivity contribution >= 4 is 35.0 Å². The Kier molecular flexibility index (Phi) is 8.37. The summed E-state index contributed by atoms with van der Waals surface area (Å²) in [5.74, 6) is -0.585. The zero-order chi connectivity index (χ0) is 27.2. The molecule has 0 saturated heterocycles. The van der Waals surface area contributed by atoms with Crippen LogP contribution < -0.4 is 14.8 Å². The fourth-order valence-electron chi connectivity index (χ4n) is 3.12. The monoisotopic (exact) mass is 531 g/mol. The number of non-ortho nitro benzene ring substituents is 1. The minimum absolute atomic E-state index is 0.0199. The van der Waals surface area contributed by atoms with Crippen LogP contribution in [-0.2, 0) is 17.6 Å². The van der Waals surface area contributed by atoms with Crippen molar-refractivity contribution in [1.29, 1.82) is 5.26 Å². The second-order valence-electron chi connectivity index (χ2n) is 7.45. The zero-order valence-corrected chi connectivity index (χ0v) is 19.8. The predicted molar refractivity (Wildman–Crippen MR) is 129 cm³/mol. The van der Waals surface area contributed by atoms with Gasteiger partial charge in [-0.1, -0.05) is 17.7 Å². The van der Waals surface area contributed by atoms with E-state index in [2.05, 4.69) is 5.32 Å². The van der Waals surface area contributed by atoms with E-state index in [0.29, 0.717) is 11.1 Å². The maximum atomic E-state index is 12.9. The number of carbonyl (C=O) groups is 1. The van der Waals surface area contributed by atoms with Crippen LogP contribution in [0.25, 0.3) is 6.08 Å². The number of hydrogen-bond donors (Lipinski definition) is 1. The number of nitriles is 1. The molecular weight excluding hydrogens is 515 g/mol. The first-order valence-corrected chi connectivity index (χ1v) is 10.7. The van der Waals surface area contributed by atoms with E-state index in [1.54, 1.807) is 6.07 Å². The number of nitrogens with one attached hydrogen (secondary N) is 1. The Morgan fingerprint density at radius 3 is 2.49 bits per heavy atom. The summed E-state index contributed by atoms with van der Waals surface area (Å²) >= 11 is 6.33. The van der Waals surface area contributed by atoms with Crippen LogP contribution in [0.5, 0.6) is 11.5 Å². The van der Waals surface area contributed by atoms with Gasteiger partial charge in [-0.25, -0.2) is 0 Å². The zero-order valence-electron chi connectivity index (χ0n) is 19.0. The quantitative estimate of drug-likeness (QED) is 0.156. The van der Waals surface area contributed by atoms with Gasteiger partial charge >= 0.3 is 6.18 Å². The largest absolute Gasteiger partial charge is 0.493 e. The van der Waals surface area contributed by atoms with Gasteiger partial charge in [0.05, 0.1) is 22.6 Å². The van der Waals surface area contributed by atoms with Crippen molar-refractivity contribution in [3.05, 3.63) is 98.1 Å². The van der Waals surface area contributed by atoms with Crippen molar-refractivity contribution in [2.75, 3.05) is 12.4 Å². The molecule has 1 amide bonds. The number of ether oxygens (including phenoxy) is 2. The van der Waals surface area contributed by atoms with Crippen molar-refractivity contribution in [3.63, 3.8) is 0 Å². The summed E-state index contributed by atoms with van der Waals surface area (Å²) in [5.41, 5.74) is -0.623. The molecule has 0 aromatic heterocycles. The first-order chi connectivity index (χ1) is 17.5. The van der Waals surface area contributed by atoms with Crippen LogP contribution in [0, 0.1) is 21.4 Å². The number of benzene rings is 3. The molecule has 3 aromatic rings. The lowest BCUT2D eigenvalue weighted by Crippen LogP contribution is -2.14. The van der Waals surface area contributed by atoms with E-state index >= 15 is 0 Å². The molecule has 0 saturated carbocycles. The first kappa shape index (κ1) is 27.0. The van der Waals surface area contributed by atoms with E-state index in [1.165, 1.54) is 55.7 Å². The van der Waals surface area contributed by atoms with Crippen LogP contribution >= 0.6 is 11.6 Å². The summed E-state index contributed by atoms with van der Waals surface area (Å²) in [4.78, 5) is 22.8. The summed E-state index contributed by atoms with van der Waals surface area (Å²) < 4.78 is 49.8. The van der Waals surface area contributed by atoms with E-state index in [4.69, 9.17) is 21.1 Å². The number of nitro groups is 1. The lowest BCUT2D eigenvalue weighted by Gasteiger charge is -2.14. The average Bonchev–Trinajstić information content (AvgIpc) is 2.86. The SMILES string of the molecule is COc1cc(/C=C(\C#N)C(=O)Nc2cccc(C(F)(F)F)c2)cc(Cl)c1OCc1ccc([N+](=O)[O-])cc1. The van der Waals surface area contributed by atoms with Crippen LogP contribution in [0.15, 0.2) is 66.2 Å². The number of carbonyl (C=O) groups excluding carboxylic acids is 1. The smallest absolute Gasteiger partial charge is 0.416 e. The molecule has 8 nitrogen and oxygen atoms in total. The number of rotatable bonds is 8. The van der Waals surface area contributed by atoms with Gasteiger partial charge in [0, 0.05) is 17.8 Å². The number of halogens is 4. The molecular formula is C25H17ClF3N3O5. The highest BCUT2D eigenvalue weighted by atomic mass is 35.5. The number of nitro benzene ring substituents is 1. The number of hydrogen-bond acceptors (Lipinski definition) is 6. The van der Waals surface area contributed by atoms with Crippen LogP contribution in [0.4, 0.5) is 24.5 Å². The van der Waals surface area contributed by atoms with Gasteiger partial charge in [0.15, 0.2) is 11.5 Å². The fraction of sp³-hybridized carbons (Fsp3) is 0.120. The molecule has 0 aliphatic rings. The highest BCUT2D eigenvalue weighted by Gasteiger charge is 2.30. The third-order valence-electron chi connectivity index (χ3n) is 4.91. The minimum atomic E-state index is -4.59. The van der Waals surface area contributed by atoms with Crippen molar-refractivity contribution < 1.29 is 32.4 Å². The second-order valence-corrected chi connectivity index (χ2v) is 7.86. The number of nitrogens with zero attached hydrogens (tertiary/aromatic N) is 2. The predicted octanol–water partition coefficient (Wildman–Crippen LogP) is 6.40. The van der Waals surface area contributed by atoms with Crippen molar-refractivity contribution in [1.82, 2.24) is 0 Å². The summed E-state index contributed by atoms with van der Waals surface area (Å²) in [5, 5.41) is 22.6. The van der Waals surface area contributed by atoms with Crippen LogP contribution in [0.2, 0.25) is 5.02 Å². The van der Waals surface area contributed by atoms with Crippen molar-refractivity contribution in [3.8, 4) is 17.6 Å². The van der Waals surface area contributed by atoms with Gasteiger partial charge in [0.1, 0.15) is 18.2 Å². The normalized spacial score (nSPS) is 11.4. The number of anilines is 1. The molecule has 0 fully saturated rings. The van der Waals surface area contributed by atoms with Crippen LogP contribution in [0.1, 0.15) is 16.7 Å². The summed E-state index contributed by atoms with van der Waals surface area (Å²) in [6.45, 7) is 0.0199. The molecule has 3 aromatic carbocycles. The molecule has 12 heteroatoms. The molecule has 190 valence electrons. The van der Waals surface area contributed by atoms with Crippen molar-refractivity contribution in [2.24, 2.45) is 0 Å². The first-order valence-electron chi connectivity index (χ1n) is 10.4. The standard InChI is InChI=1S/C25H17ClF3N3O5/c1-36-22-11-16(10-21(26)23(22)37-14-15-5-7-20(8-6-15)32(34)35)9-17(13-30)24(33)31-19-4-2-3-18(12-19)25(27,28)29/h2-12H,14H2,1H3,(H,31,33)/b17-9+. The van der Waals surface area contributed by atoms with E-state index in [1.807, 2.05) is 0 Å². The van der Waals surface area contributed by atoms with E-state index in [-0.39, 0.29) is 34.5 Å². The summed E-state index contributed by atoms with van der Waals surface area (Å²) in [7, 11) is 1.35. The molecule has 0 unspecified atom stereocenters. The average molecular weight is 532 g/mol. The van der Waals surface area contributed by atoms with Crippen molar-refractivity contribution in [2.45, 2.75) is 12.8 Å². The van der Waals surface area contributed by atoms with Gasteiger partial charge in [-0.3, -0.25) is 14.9 Å².